The Morgan fingerprint density at radius 3 is 1.95 bits per heavy atom. The number of rotatable bonds is 5. The summed E-state index contributed by atoms with van der Waals surface area (Å²) in [5, 5.41) is 8.96. The molecular formula is C51H33N3O. The molecule has 1 atom stereocenters. The van der Waals surface area contributed by atoms with E-state index >= 15 is 0 Å². The minimum absolute atomic E-state index is 0.162. The summed E-state index contributed by atoms with van der Waals surface area (Å²) in [6, 6.07) is 57.5. The third kappa shape index (κ3) is 5.42. The fourth-order valence-electron chi connectivity index (χ4n) is 8.29. The standard InChI is InChI=1S/C51H33N3O/c1-2-12-32(13-3-1)34-22-24-35(25-23-34)39-30-45(48-43-20-10-11-21-46(43)55-47(48)31-39)51-53-49(38-27-26-33-14-4-5-15-36(33)28-38)52-50(54-51)44-29-37-16-6-7-17-40(37)41-18-8-9-19-42(41)44/h1-24,26-31,35H,25H2. The molecule has 1 aliphatic carbocycles. The van der Waals surface area contributed by atoms with Gasteiger partial charge in [-0.2, -0.15) is 0 Å². The van der Waals surface area contributed by atoms with Gasteiger partial charge in [0.1, 0.15) is 11.2 Å². The summed E-state index contributed by atoms with van der Waals surface area (Å²) in [5.74, 6) is 2.04. The predicted molar refractivity (Wildman–Crippen MR) is 227 cm³/mol. The zero-order valence-corrected chi connectivity index (χ0v) is 29.9. The van der Waals surface area contributed by atoms with Crippen molar-refractivity contribution in [1.29, 1.82) is 0 Å². The van der Waals surface area contributed by atoms with E-state index in [4.69, 9.17) is 19.4 Å². The molecule has 10 aromatic rings. The van der Waals surface area contributed by atoms with E-state index in [2.05, 4.69) is 170 Å². The molecule has 0 bridgehead atoms. The quantitative estimate of drug-likeness (QED) is 0.167. The maximum Gasteiger partial charge on any atom is 0.164 e. The molecule has 1 unspecified atom stereocenters. The summed E-state index contributed by atoms with van der Waals surface area (Å²) < 4.78 is 6.61. The molecule has 11 rings (SSSR count). The lowest BCUT2D eigenvalue weighted by Crippen LogP contribution is -2.03. The Labute approximate surface area is 317 Å². The van der Waals surface area contributed by atoms with Crippen molar-refractivity contribution in [2.24, 2.45) is 0 Å². The van der Waals surface area contributed by atoms with Gasteiger partial charge < -0.3 is 4.42 Å². The maximum absolute atomic E-state index is 6.61. The van der Waals surface area contributed by atoms with Crippen LogP contribution in [-0.4, -0.2) is 15.0 Å². The SMILES string of the molecule is C1=CC(c2cc(-c3nc(-c4ccc5ccccc5c4)nc(-c4cc5ccccc5c5ccccc45)n3)c3c(c2)oc2ccccc23)CC=C1c1ccccc1. The summed E-state index contributed by atoms with van der Waals surface area (Å²) >= 11 is 0. The van der Waals surface area contributed by atoms with Gasteiger partial charge in [0.25, 0.3) is 0 Å². The van der Waals surface area contributed by atoms with Crippen LogP contribution in [0.1, 0.15) is 23.5 Å². The smallest absolute Gasteiger partial charge is 0.164 e. The fraction of sp³-hybridized carbons (Fsp3) is 0.0392. The number of fused-ring (bicyclic) bond motifs is 7. The van der Waals surface area contributed by atoms with Crippen molar-refractivity contribution < 1.29 is 4.42 Å². The van der Waals surface area contributed by atoms with Gasteiger partial charge in [-0.3, -0.25) is 0 Å². The molecule has 0 fully saturated rings. The van der Waals surface area contributed by atoms with Gasteiger partial charge in [-0.1, -0.05) is 152 Å². The largest absolute Gasteiger partial charge is 0.456 e. The monoisotopic (exact) mass is 703 g/mol. The van der Waals surface area contributed by atoms with Crippen molar-refractivity contribution in [3.8, 4) is 34.2 Å². The first-order chi connectivity index (χ1) is 27.2. The number of furan rings is 1. The zero-order valence-electron chi connectivity index (χ0n) is 29.9. The third-order valence-corrected chi connectivity index (χ3v) is 11.0. The van der Waals surface area contributed by atoms with Crippen molar-refractivity contribution in [2.45, 2.75) is 12.3 Å². The van der Waals surface area contributed by atoms with Crippen LogP contribution in [0.3, 0.4) is 0 Å². The lowest BCUT2D eigenvalue weighted by Gasteiger charge is -2.18. The van der Waals surface area contributed by atoms with E-state index in [1.165, 1.54) is 27.3 Å². The van der Waals surface area contributed by atoms with Crippen molar-refractivity contribution in [3.05, 3.63) is 193 Å². The number of para-hydroxylation sites is 1. The third-order valence-electron chi connectivity index (χ3n) is 11.0. The molecule has 2 heterocycles. The predicted octanol–water partition coefficient (Wildman–Crippen LogP) is 13.4. The molecule has 4 nitrogen and oxygen atoms in total. The van der Waals surface area contributed by atoms with Gasteiger partial charge in [0.2, 0.25) is 0 Å². The van der Waals surface area contributed by atoms with E-state index in [0.717, 1.165) is 66.8 Å². The van der Waals surface area contributed by atoms with E-state index in [1.807, 2.05) is 12.1 Å². The maximum atomic E-state index is 6.61. The first kappa shape index (κ1) is 31.4. The first-order valence-electron chi connectivity index (χ1n) is 18.8. The number of aromatic nitrogens is 3. The van der Waals surface area contributed by atoms with Crippen LogP contribution in [0.25, 0.3) is 94.0 Å². The van der Waals surface area contributed by atoms with E-state index in [-0.39, 0.29) is 5.92 Å². The summed E-state index contributed by atoms with van der Waals surface area (Å²) in [4.78, 5) is 16.0. The topological polar surface area (TPSA) is 51.8 Å². The molecular weight excluding hydrogens is 671 g/mol. The molecule has 258 valence electrons. The molecule has 1 aliphatic rings. The summed E-state index contributed by atoms with van der Waals surface area (Å²) in [7, 11) is 0. The number of benzene rings is 8. The second-order valence-corrected chi connectivity index (χ2v) is 14.3. The van der Waals surface area contributed by atoms with Gasteiger partial charge in [-0.25, -0.2) is 15.0 Å². The highest BCUT2D eigenvalue weighted by Crippen LogP contribution is 2.42. The van der Waals surface area contributed by atoms with Gasteiger partial charge >= 0.3 is 0 Å². The zero-order chi connectivity index (χ0) is 36.3. The van der Waals surface area contributed by atoms with Crippen molar-refractivity contribution in [1.82, 2.24) is 15.0 Å². The number of nitrogens with zero attached hydrogens (tertiary/aromatic N) is 3. The molecule has 4 heteroatoms. The minimum Gasteiger partial charge on any atom is -0.456 e. The molecule has 0 saturated heterocycles. The Kier molecular flexibility index (Phi) is 7.27. The van der Waals surface area contributed by atoms with Gasteiger partial charge in [0.15, 0.2) is 17.5 Å². The van der Waals surface area contributed by atoms with Crippen LogP contribution < -0.4 is 0 Å². The molecule has 0 spiro atoms. The van der Waals surface area contributed by atoms with Crippen LogP contribution in [0, 0.1) is 0 Å². The van der Waals surface area contributed by atoms with Crippen LogP contribution in [0.4, 0.5) is 0 Å². The van der Waals surface area contributed by atoms with E-state index in [1.54, 1.807) is 0 Å². The number of hydrogen-bond donors (Lipinski definition) is 0. The highest BCUT2D eigenvalue weighted by Gasteiger charge is 2.23. The second-order valence-electron chi connectivity index (χ2n) is 14.3. The molecule has 0 aliphatic heterocycles. The fourth-order valence-corrected chi connectivity index (χ4v) is 8.29. The van der Waals surface area contributed by atoms with Gasteiger partial charge in [-0.05, 0) is 85.8 Å². The molecule has 0 saturated carbocycles. The Hall–Kier alpha value is -7.17. The van der Waals surface area contributed by atoms with Crippen molar-refractivity contribution >= 4 is 59.8 Å². The van der Waals surface area contributed by atoms with Crippen molar-refractivity contribution in [3.63, 3.8) is 0 Å². The highest BCUT2D eigenvalue weighted by molar-refractivity contribution is 6.14. The van der Waals surface area contributed by atoms with E-state index in [9.17, 15) is 0 Å². The highest BCUT2D eigenvalue weighted by atomic mass is 16.3. The average Bonchev–Trinajstić information content (AvgIpc) is 3.64. The Bertz CT molecular complexity index is 3190. The van der Waals surface area contributed by atoms with Crippen LogP contribution >= 0.6 is 0 Å². The van der Waals surface area contributed by atoms with E-state index in [0.29, 0.717) is 17.5 Å². The van der Waals surface area contributed by atoms with Gasteiger partial charge in [-0.15, -0.1) is 0 Å². The molecule has 0 amide bonds. The van der Waals surface area contributed by atoms with Crippen LogP contribution in [0.2, 0.25) is 0 Å². The summed E-state index contributed by atoms with van der Waals surface area (Å²) in [6.07, 6.45) is 7.78. The lowest BCUT2D eigenvalue weighted by atomic mass is 9.86. The summed E-state index contributed by atoms with van der Waals surface area (Å²) in [6.45, 7) is 0. The molecule has 55 heavy (non-hydrogen) atoms. The Balaban J connectivity index is 1.16. The van der Waals surface area contributed by atoms with Gasteiger partial charge in [0, 0.05) is 33.4 Å². The molecule has 0 radical (unpaired) electrons. The first-order valence-corrected chi connectivity index (χ1v) is 18.8. The second kappa shape index (κ2) is 12.8. The molecule has 8 aromatic carbocycles. The normalized spacial score (nSPS) is 14.3. The minimum atomic E-state index is 0.162. The number of allylic oxidation sites excluding steroid dienone is 4. The van der Waals surface area contributed by atoms with E-state index < -0.39 is 0 Å². The molecule has 2 aromatic heterocycles. The lowest BCUT2D eigenvalue weighted by molar-refractivity contribution is 0.667. The summed E-state index contributed by atoms with van der Waals surface area (Å²) in [5.41, 5.74) is 8.13. The molecule has 0 N–H and O–H groups in total. The van der Waals surface area contributed by atoms with Gasteiger partial charge in [0.05, 0.1) is 0 Å². The van der Waals surface area contributed by atoms with Crippen LogP contribution in [0.5, 0.6) is 0 Å². The number of hydrogen-bond acceptors (Lipinski definition) is 4. The Morgan fingerprint density at radius 1 is 0.455 bits per heavy atom. The average molecular weight is 704 g/mol. The van der Waals surface area contributed by atoms with Crippen LogP contribution in [-0.2, 0) is 0 Å². The Morgan fingerprint density at radius 2 is 1.13 bits per heavy atom. The van der Waals surface area contributed by atoms with Crippen molar-refractivity contribution in [2.75, 3.05) is 0 Å². The van der Waals surface area contributed by atoms with Crippen LogP contribution in [0.15, 0.2) is 186 Å².